The van der Waals surface area contributed by atoms with E-state index in [1.54, 1.807) is 18.0 Å². The summed E-state index contributed by atoms with van der Waals surface area (Å²) in [4.78, 5) is 18.4. The predicted molar refractivity (Wildman–Crippen MR) is 109 cm³/mol. The quantitative estimate of drug-likeness (QED) is 0.463. The fourth-order valence-electron chi connectivity index (χ4n) is 2.77. The average Bonchev–Trinajstić information content (AvgIpc) is 3.11. The number of fused-ring (bicyclic) bond motifs is 1. The van der Waals surface area contributed by atoms with Crippen LogP contribution in [-0.2, 0) is 6.54 Å². The monoisotopic (exact) mass is 426 g/mol. The number of halogens is 1. The maximum absolute atomic E-state index is 12.9. The van der Waals surface area contributed by atoms with Gasteiger partial charge in [0.15, 0.2) is 0 Å². The van der Waals surface area contributed by atoms with Crippen LogP contribution in [0.1, 0.15) is 5.56 Å². The van der Waals surface area contributed by atoms with Gasteiger partial charge in [-0.1, -0.05) is 34.1 Å². The molecule has 0 spiro atoms. The second kappa shape index (κ2) is 7.05. The van der Waals surface area contributed by atoms with Crippen LogP contribution < -0.4 is 10.3 Å². The number of methoxy groups -OCH3 is 1. The first kappa shape index (κ1) is 17.0. The Morgan fingerprint density at radius 3 is 2.65 bits per heavy atom. The van der Waals surface area contributed by atoms with E-state index in [4.69, 9.17) is 4.74 Å². The number of ether oxygens (including phenoxy) is 1. The third-order valence-corrected chi connectivity index (χ3v) is 6.11. The Balaban J connectivity index is 1.73. The molecule has 26 heavy (non-hydrogen) atoms. The highest BCUT2D eigenvalue weighted by molar-refractivity contribution is 9.10. The molecular formula is C20H15BrN2O2S. The van der Waals surface area contributed by atoms with Gasteiger partial charge < -0.3 is 4.74 Å². The van der Waals surface area contributed by atoms with E-state index < -0.39 is 0 Å². The van der Waals surface area contributed by atoms with E-state index in [-0.39, 0.29) is 5.56 Å². The van der Waals surface area contributed by atoms with Gasteiger partial charge >= 0.3 is 0 Å². The number of hydrogen-bond donors (Lipinski definition) is 0. The Morgan fingerprint density at radius 1 is 1.15 bits per heavy atom. The zero-order chi connectivity index (χ0) is 18.1. The summed E-state index contributed by atoms with van der Waals surface area (Å²) < 4.78 is 8.50. The lowest BCUT2D eigenvalue weighted by Gasteiger charge is -2.06. The van der Waals surface area contributed by atoms with E-state index in [1.165, 1.54) is 11.3 Å². The van der Waals surface area contributed by atoms with Crippen molar-refractivity contribution in [3.63, 3.8) is 0 Å². The molecule has 0 saturated heterocycles. The molecule has 0 atom stereocenters. The zero-order valence-corrected chi connectivity index (χ0v) is 16.4. The molecule has 4 nitrogen and oxygen atoms in total. The lowest BCUT2D eigenvalue weighted by molar-refractivity contribution is 0.415. The fraction of sp³-hybridized carbons (Fsp3) is 0.100. The van der Waals surface area contributed by atoms with Crippen LogP contribution in [0.25, 0.3) is 20.7 Å². The summed E-state index contributed by atoms with van der Waals surface area (Å²) in [5, 5.41) is 0. The standard InChI is InChI=1S/C20H15BrN2O2S/c1-25-15-8-6-13(7-9-15)18-10-17-19(26-18)20(24)23(12-22-17)11-14-4-2-3-5-16(14)21/h2-10,12H,11H2,1H3. The molecule has 0 unspecified atom stereocenters. The molecule has 0 aliphatic rings. The van der Waals surface area contributed by atoms with E-state index in [0.717, 1.165) is 31.7 Å². The SMILES string of the molecule is COc1ccc(-c2cc3ncn(Cc4ccccc4Br)c(=O)c3s2)cc1. The lowest BCUT2D eigenvalue weighted by Crippen LogP contribution is -2.20. The first-order valence-electron chi connectivity index (χ1n) is 8.02. The molecule has 130 valence electrons. The minimum Gasteiger partial charge on any atom is -0.497 e. The summed E-state index contributed by atoms with van der Waals surface area (Å²) in [7, 11) is 1.64. The molecule has 4 aromatic rings. The zero-order valence-electron chi connectivity index (χ0n) is 14.0. The highest BCUT2D eigenvalue weighted by Gasteiger charge is 2.11. The van der Waals surface area contributed by atoms with Crippen LogP contribution in [0.2, 0.25) is 0 Å². The first-order chi connectivity index (χ1) is 12.7. The highest BCUT2D eigenvalue weighted by Crippen LogP contribution is 2.31. The van der Waals surface area contributed by atoms with E-state index in [0.29, 0.717) is 11.2 Å². The predicted octanol–water partition coefficient (Wildman–Crippen LogP) is 4.94. The molecule has 6 heteroatoms. The fourth-order valence-corrected chi connectivity index (χ4v) is 4.24. The van der Waals surface area contributed by atoms with Crippen molar-refractivity contribution >= 4 is 37.5 Å². The van der Waals surface area contributed by atoms with E-state index in [2.05, 4.69) is 20.9 Å². The topological polar surface area (TPSA) is 44.1 Å². The van der Waals surface area contributed by atoms with E-state index in [9.17, 15) is 4.79 Å². The second-order valence-corrected chi connectivity index (χ2v) is 7.73. The minimum absolute atomic E-state index is 0.0180. The van der Waals surface area contributed by atoms with Gasteiger partial charge in [-0.15, -0.1) is 11.3 Å². The van der Waals surface area contributed by atoms with Crippen LogP contribution in [0.5, 0.6) is 5.75 Å². The minimum atomic E-state index is -0.0180. The molecule has 0 radical (unpaired) electrons. The summed E-state index contributed by atoms with van der Waals surface area (Å²) in [6.07, 6.45) is 1.62. The van der Waals surface area contributed by atoms with Crippen LogP contribution in [0.3, 0.4) is 0 Å². The number of rotatable bonds is 4. The van der Waals surface area contributed by atoms with Gasteiger partial charge in [-0.2, -0.15) is 0 Å². The largest absolute Gasteiger partial charge is 0.497 e. The van der Waals surface area contributed by atoms with Gasteiger partial charge in [-0.25, -0.2) is 4.98 Å². The summed E-state index contributed by atoms with van der Waals surface area (Å²) in [5.74, 6) is 0.809. The van der Waals surface area contributed by atoms with Crippen molar-refractivity contribution in [3.05, 3.63) is 81.3 Å². The van der Waals surface area contributed by atoms with Gasteiger partial charge in [0.05, 0.1) is 25.5 Å². The number of aromatic nitrogens is 2. The van der Waals surface area contributed by atoms with Crippen LogP contribution in [0.4, 0.5) is 0 Å². The van der Waals surface area contributed by atoms with Crippen molar-refractivity contribution in [2.75, 3.05) is 7.11 Å². The summed E-state index contributed by atoms with van der Waals surface area (Å²) >= 11 is 5.00. The van der Waals surface area contributed by atoms with Gasteiger partial charge in [0, 0.05) is 9.35 Å². The smallest absolute Gasteiger partial charge is 0.271 e. The molecule has 2 aromatic heterocycles. The molecule has 0 saturated carbocycles. The Labute approximate surface area is 162 Å². The van der Waals surface area contributed by atoms with Gasteiger partial charge in [-0.05, 0) is 47.5 Å². The van der Waals surface area contributed by atoms with Crippen LogP contribution in [0, 0.1) is 0 Å². The molecule has 2 heterocycles. The van der Waals surface area contributed by atoms with Crippen LogP contribution in [0.15, 0.2) is 70.2 Å². The maximum Gasteiger partial charge on any atom is 0.271 e. The van der Waals surface area contributed by atoms with Crippen molar-refractivity contribution in [3.8, 4) is 16.2 Å². The van der Waals surface area contributed by atoms with Crippen LogP contribution >= 0.6 is 27.3 Å². The summed E-state index contributed by atoms with van der Waals surface area (Å²) in [5.41, 5.74) is 2.80. The molecular weight excluding hydrogens is 412 g/mol. The van der Waals surface area contributed by atoms with Crippen molar-refractivity contribution in [2.24, 2.45) is 0 Å². The van der Waals surface area contributed by atoms with Gasteiger partial charge in [0.1, 0.15) is 10.4 Å². The van der Waals surface area contributed by atoms with Gasteiger partial charge in [0.25, 0.3) is 5.56 Å². The highest BCUT2D eigenvalue weighted by atomic mass is 79.9. The Morgan fingerprint density at radius 2 is 1.92 bits per heavy atom. The van der Waals surface area contributed by atoms with Crippen LogP contribution in [-0.4, -0.2) is 16.7 Å². The third kappa shape index (κ3) is 3.18. The normalized spacial score (nSPS) is 11.0. The summed E-state index contributed by atoms with van der Waals surface area (Å²) in [6.45, 7) is 0.485. The molecule has 4 rings (SSSR count). The van der Waals surface area contributed by atoms with Gasteiger partial charge in [0.2, 0.25) is 0 Å². The second-order valence-electron chi connectivity index (χ2n) is 5.82. The maximum atomic E-state index is 12.9. The molecule has 2 aromatic carbocycles. The number of hydrogen-bond acceptors (Lipinski definition) is 4. The molecule has 0 bridgehead atoms. The lowest BCUT2D eigenvalue weighted by atomic mass is 10.2. The average molecular weight is 427 g/mol. The Bertz CT molecular complexity index is 1130. The van der Waals surface area contributed by atoms with Crippen molar-refractivity contribution in [2.45, 2.75) is 6.54 Å². The molecule has 0 aliphatic heterocycles. The number of nitrogens with zero attached hydrogens (tertiary/aromatic N) is 2. The third-order valence-electron chi connectivity index (χ3n) is 4.18. The number of benzene rings is 2. The molecule has 0 amide bonds. The molecule has 0 aliphatic carbocycles. The van der Waals surface area contributed by atoms with Gasteiger partial charge in [-0.3, -0.25) is 9.36 Å². The van der Waals surface area contributed by atoms with E-state index in [1.807, 2.05) is 54.6 Å². The van der Waals surface area contributed by atoms with E-state index >= 15 is 0 Å². The van der Waals surface area contributed by atoms with Crippen molar-refractivity contribution < 1.29 is 4.74 Å². The Kier molecular flexibility index (Phi) is 4.61. The van der Waals surface area contributed by atoms with Crippen molar-refractivity contribution in [1.29, 1.82) is 0 Å². The summed E-state index contributed by atoms with van der Waals surface area (Å²) in [6, 6.07) is 17.7. The first-order valence-corrected chi connectivity index (χ1v) is 9.63. The molecule has 0 fully saturated rings. The number of thiophene rings is 1. The van der Waals surface area contributed by atoms with Crippen molar-refractivity contribution in [1.82, 2.24) is 9.55 Å². The molecule has 0 N–H and O–H groups in total. The Hall–Kier alpha value is -2.44.